The van der Waals surface area contributed by atoms with E-state index in [1.807, 2.05) is 4.90 Å². The number of rotatable bonds is 3. The van der Waals surface area contributed by atoms with Gasteiger partial charge in [-0.15, -0.1) is 0 Å². The Morgan fingerprint density at radius 1 is 1.21 bits per heavy atom. The molecule has 2 fully saturated rings. The summed E-state index contributed by atoms with van der Waals surface area (Å²) < 4.78 is 5.33. The zero-order valence-electron chi connectivity index (χ0n) is 12.2. The van der Waals surface area contributed by atoms with Crippen LogP contribution in [0.3, 0.4) is 0 Å². The van der Waals surface area contributed by atoms with Gasteiger partial charge in [0.05, 0.1) is 19.3 Å². The highest BCUT2D eigenvalue weighted by atomic mass is 16.5. The third kappa shape index (κ3) is 4.05. The second-order valence-corrected chi connectivity index (χ2v) is 5.73. The van der Waals surface area contributed by atoms with Crippen molar-refractivity contribution in [2.45, 2.75) is 39.2 Å². The molecule has 0 aliphatic carbocycles. The van der Waals surface area contributed by atoms with Gasteiger partial charge in [-0.25, -0.2) is 0 Å². The summed E-state index contributed by atoms with van der Waals surface area (Å²) in [4.78, 5) is 16.9. The first-order valence-electron chi connectivity index (χ1n) is 7.42. The molecule has 1 atom stereocenters. The van der Waals surface area contributed by atoms with E-state index in [1.54, 1.807) is 0 Å². The highest BCUT2D eigenvalue weighted by molar-refractivity contribution is 5.82. The number of piperidine rings is 1. The minimum atomic E-state index is 0.0856. The van der Waals surface area contributed by atoms with Crippen LogP contribution in [0, 0.1) is 0 Å². The Hall–Kier alpha value is -0.870. The number of nitrogens with zero attached hydrogens (tertiary/aromatic N) is 2. The lowest BCUT2D eigenvalue weighted by Gasteiger charge is -2.38. The quantitative estimate of drug-likeness (QED) is 0.728. The third-order valence-electron chi connectivity index (χ3n) is 3.96. The molecule has 1 amide bonds. The molecule has 0 aromatic rings. The van der Waals surface area contributed by atoms with E-state index in [0.717, 1.165) is 32.6 Å². The maximum atomic E-state index is 12.6. The van der Waals surface area contributed by atoms with Crippen molar-refractivity contribution in [1.82, 2.24) is 9.80 Å². The number of hydrogen-bond donors (Lipinski definition) is 0. The Morgan fingerprint density at radius 3 is 2.63 bits per heavy atom. The molecular formula is C15H26N2O2. The Balaban J connectivity index is 1.97. The number of ether oxygens (including phenoxy) is 1. The van der Waals surface area contributed by atoms with Gasteiger partial charge in [-0.05, 0) is 33.2 Å². The number of carbonyl (C=O) groups is 1. The molecule has 2 aliphatic rings. The smallest absolute Gasteiger partial charge is 0.240 e. The topological polar surface area (TPSA) is 32.8 Å². The number of amides is 1. The van der Waals surface area contributed by atoms with Gasteiger partial charge in [0.1, 0.15) is 0 Å². The summed E-state index contributed by atoms with van der Waals surface area (Å²) in [6.45, 7) is 9.07. The van der Waals surface area contributed by atoms with Gasteiger partial charge >= 0.3 is 0 Å². The first-order valence-corrected chi connectivity index (χ1v) is 7.42. The standard InChI is InChI=1S/C15H26N2O2/c1-13(2)6-8-16-7-4-3-5-14(16)15(18)17-9-11-19-12-10-17/h6,14H,3-5,7-12H2,1-2H3/t14-/m0/s1. The summed E-state index contributed by atoms with van der Waals surface area (Å²) in [5, 5.41) is 0. The van der Waals surface area contributed by atoms with E-state index in [2.05, 4.69) is 24.8 Å². The second-order valence-electron chi connectivity index (χ2n) is 5.73. The lowest BCUT2D eigenvalue weighted by Crippen LogP contribution is -2.53. The van der Waals surface area contributed by atoms with Crippen molar-refractivity contribution < 1.29 is 9.53 Å². The fourth-order valence-electron chi connectivity index (χ4n) is 2.78. The molecule has 4 nitrogen and oxygen atoms in total. The van der Waals surface area contributed by atoms with Crippen LogP contribution in [-0.4, -0.2) is 61.1 Å². The molecule has 19 heavy (non-hydrogen) atoms. The van der Waals surface area contributed by atoms with Crippen LogP contribution in [0.15, 0.2) is 11.6 Å². The van der Waals surface area contributed by atoms with Crippen molar-refractivity contribution in [3.05, 3.63) is 11.6 Å². The lowest BCUT2D eigenvalue weighted by molar-refractivity contribution is -0.142. The van der Waals surface area contributed by atoms with Gasteiger partial charge in [-0.1, -0.05) is 18.1 Å². The minimum Gasteiger partial charge on any atom is -0.378 e. The summed E-state index contributed by atoms with van der Waals surface area (Å²) in [7, 11) is 0. The molecule has 2 heterocycles. The van der Waals surface area contributed by atoms with Gasteiger partial charge in [0.25, 0.3) is 0 Å². The third-order valence-corrected chi connectivity index (χ3v) is 3.96. The van der Waals surface area contributed by atoms with Crippen LogP contribution in [-0.2, 0) is 9.53 Å². The van der Waals surface area contributed by atoms with Crippen LogP contribution in [0.2, 0.25) is 0 Å². The summed E-state index contributed by atoms with van der Waals surface area (Å²) in [6, 6.07) is 0.0856. The number of carbonyl (C=O) groups excluding carboxylic acids is 1. The van der Waals surface area contributed by atoms with Crippen LogP contribution >= 0.6 is 0 Å². The van der Waals surface area contributed by atoms with Crippen molar-refractivity contribution in [2.75, 3.05) is 39.4 Å². The highest BCUT2D eigenvalue weighted by Crippen LogP contribution is 2.19. The SMILES string of the molecule is CC(C)=CCN1CCCC[C@H]1C(=O)N1CCOCC1. The van der Waals surface area contributed by atoms with Gasteiger partial charge in [-0.2, -0.15) is 0 Å². The Morgan fingerprint density at radius 2 is 1.95 bits per heavy atom. The van der Waals surface area contributed by atoms with Crippen LogP contribution in [0.4, 0.5) is 0 Å². The predicted molar refractivity (Wildman–Crippen MR) is 76.0 cm³/mol. The van der Waals surface area contributed by atoms with Crippen molar-refractivity contribution in [2.24, 2.45) is 0 Å². The molecule has 108 valence electrons. The van der Waals surface area contributed by atoms with Crippen molar-refractivity contribution in [1.29, 1.82) is 0 Å². The van der Waals surface area contributed by atoms with Gasteiger partial charge < -0.3 is 9.64 Å². The van der Waals surface area contributed by atoms with E-state index < -0.39 is 0 Å². The van der Waals surface area contributed by atoms with Gasteiger partial charge in [0, 0.05) is 19.6 Å². The lowest BCUT2D eigenvalue weighted by atomic mass is 10.0. The molecule has 2 aliphatic heterocycles. The fourth-order valence-corrected chi connectivity index (χ4v) is 2.78. The van der Waals surface area contributed by atoms with E-state index >= 15 is 0 Å². The summed E-state index contributed by atoms with van der Waals surface area (Å²) in [6.07, 6.45) is 5.62. The van der Waals surface area contributed by atoms with Crippen molar-refractivity contribution in [3.8, 4) is 0 Å². The Kier molecular flexibility index (Phi) is 5.40. The van der Waals surface area contributed by atoms with Gasteiger partial charge in [0.2, 0.25) is 5.91 Å². The van der Waals surface area contributed by atoms with Crippen LogP contribution in [0.5, 0.6) is 0 Å². The molecular weight excluding hydrogens is 240 g/mol. The van der Waals surface area contributed by atoms with Crippen LogP contribution in [0.1, 0.15) is 33.1 Å². The average molecular weight is 266 g/mol. The number of allylic oxidation sites excluding steroid dienone is 1. The predicted octanol–water partition coefficient (Wildman–Crippen LogP) is 1.67. The number of hydrogen-bond acceptors (Lipinski definition) is 3. The molecule has 0 aromatic carbocycles. The molecule has 0 radical (unpaired) electrons. The monoisotopic (exact) mass is 266 g/mol. The van der Waals surface area contributed by atoms with Crippen molar-refractivity contribution >= 4 is 5.91 Å². The van der Waals surface area contributed by atoms with Crippen molar-refractivity contribution in [3.63, 3.8) is 0 Å². The largest absolute Gasteiger partial charge is 0.378 e. The molecule has 0 aromatic heterocycles. The average Bonchev–Trinajstić information content (AvgIpc) is 2.45. The zero-order chi connectivity index (χ0) is 13.7. The van der Waals surface area contributed by atoms with E-state index in [0.29, 0.717) is 19.1 Å². The minimum absolute atomic E-state index is 0.0856. The Labute approximate surface area is 116 Å². The van der Waals surface area contributed by atoms with Gasteiger partial charge in [0.15, 0.2) is 0 Å². The molecule has 0 saturated carbocycles. The second kappa shape index (κ2) is 7.06. The summed E-state index contributed by atoms with van der Waals surface area (Å²) in [5.74, 6) is 0.310. The maximum Gasteiger partial charge on any atom is 0.240 e. The first-order chi connectivity index (χ1) is 9.18. The van der Waals surface area contributed by atoms with Crippen LogP contribution in [0.25, 0.3) is 0 Å². The van der Waals surface area contributed by atoms with Gasteiger partial charge in [-0.3, -0.25) is 9.69 Å². The molecule has 2 saturated heterocycles. The molecule has 4 heteroatoms. The van der Waals surface area contributed by atoms with Crippen LogP contribution < -0.4 is 0 Å². The van der Waals surface area contributed by atoms with E-state index in [1.165, 1.54) is 18.4 Å². The zero-order valence-corrected chi connectivity index (χ0v) is 12.2. The fraction of sp³-hybridized carbons (Fsp3) is 0.800. The number of morpholine rings is 1. The van der Waals surface area contributed by atoms with E-state index in [9.17, 15) is 4.79 Å². The molecule has 2 rings (SSSR count). The summed E-state index contributed by atoms with van der Waals surface area (Å²) in [5.41, 5.74) is 1.32. The maximum absolute atomic E-state index is 12.6. The first kappa shape index (κ1) is 14.5. The van der Waals surface area contributed by atoms with E-state index in [4.69, 9.17) is 4.74 Å². The molecule has 0 N–H and O–H groups in total. The molecule has 0 bridgehead atoms. The summed E-state index contributed by atoms with van der Waals surface area (Å²) >= 11 is 0. The number of likely N-dealkylation sites (tertiary alicyclic amines) is 1. The Bertz CT molecular complexity index is 331. The van der Waals surface area contributed by atoms with E-state index in [-0.39, 0.29) is 6.04 Å². The highest BCUT2D eigenvalue weighted by Gasteiger charge is 2.31. The molecule has 0 spiro atoms. The molecule has 0 unspecified atom stereocenters. The normalized spacial score (nSPS) is 25.2.